The van der Waals surface area contributed by atoms with E-state index in [1.807, 2.05) is 37.3 Å². The van der Waals surface area contributed by atoms with Crippen molar-refractivity contribution in [2.45, 2.75) is 31.9 Å². The molecular formula is C15H20N2O2S. The second-order valence-electron chi connectivity index (χ2n) is 4.81. The first-order valence-corrected chi connectivity index (χ1v) is 7.91. The van der Waals surface area contributed by atoms with Gasteiger partial charge in [-0.2, -0.15) is 0 Å². The highest BCUT2D eigenvalue weighted by Gasteiger charge is 2.25. The molecule has 0 aliphatic carbocycles. The van der Waals surface area contributed by atoms with E-state index in [1.165, 1.54) is 0 Å². The molecule has 1 amide bonds. The van der Waals surface area contributed by atoms with E-state index in [4.69, 9.17) is 0 Å². The Labute approximate surface area is 123 Å². The van der Waals surface area contributed by atoms with Crippen LogP contribution in [0.25, 0.3) is 0 Å². The Balaban J connectivity index is 1.88. The van der Waals surface area contributed by atoms with Crippen LogP contribution in [0, 0.1) is 0 Å². The van der Waals surface area contributed by atoms with E-state index in [9.17, 15) is 9.90 Å². The number of amides is 1. The van der Waals surface area contributed by atoms with Gasteiger partial charge in [0.05, 0.1) is 11.1 Å². The fourth-order valence-electron chi connectivity index (χ4n) is 2.02. The second-order valence-corrected chi connectivity index (χ2v) is 5.82. The van der Waals surface area contributed by atoms with Gasteiger partial charge in [-0.15, -0.1) is 11.8 Å². The summed E-state index contributed by atoms with van der Waals surface area (Å²) in [6, 6.07) is 9.54. The lowest BCUT2D eigenvalue weighted by atomic mass is 10.2. The Kier molecular flexibility index (Phi) is 5.61. The summed E-state index contributed by atoms with van der Waals surface area (Å²) in [5, 5.41) is 13.3. The van der Waals surface area contributed by atoms with Crippen molar-refractivity contribution in [1.29, 1.82) is 0 Å². The third-order valence-electron chi connectivity index (χ3n) is 3.11. The van der Waals surface area contributed by atoms with Crippen LogP contribution < -0.4 is 5.32 Å². The van der Waals surface area contributed by atoms with Crippen molar-refractivity contribution in [2.75, 3.05) is 12.3 Å². The number of thioether (sulfide) groups is 1. The molecule has 1 aliphatic rings. The molecule has 2 N–H and O–H groups in total. The fraction of sp³-hybridized carbons (Fsp3) is 0.467. The molecule has 1 aromatic carbocycles. The van der Waals surface area contributed by atoms with Gasteiger partial charge in [-0.05, 0) is 6.42 Å². The summed E-state index contributed by atoms with van der Waals surface area (Å²) in [5.74, 6) is 0.568. The molecule has 108 valence electrons. The zero-order chi connectivity index (χ0) is 14.4. The lowest BCUT2D eigenvalue weighted by Gasteiger charge is -2.12. The molecule has 4 nitrogen and oxygen atoms in total. The maximum Gasteiger partial charge on any atom is 0.245 e. The molecule has 0 spiro atoms. The van der Waals surface area contributed by atoms with Gasteiger partial charge in [0.25, 0.3) is 0 Å². The van der Waals surface area contributed by atoms with Crippen LogP contribution in [0.1, 0.15) is 25.3 Å². The van der Waals surface area contributed by atoms with E-state index in [-0.39, 0.29) is 11.9 Å². The quantitative estimate of drug-likeness (QED) is 0.841. The van der Waals surface area contributed by atoms with Crippen LogP contribution in [-0.4, -0.2) is 40.5 Å². The van der Waals surface area contributed by atoms with Crippen molar-refractivity contribution in [2.24, 2.45) is 4.99 Å². The Morgan fingerprint density at radius 2 is 2.25 bits per heavy atom. The third-order valence-corrected chi connectivity index (χ3v) is 4.21. The van der Waals surface area contributed by atoms with Crippen molar-refractivity contribution >= 4 is 22.7 Å². The summed E-state index contributed by atoms with van der Waals surface area (Å²) in [4.78, 5) is 16.5. The van der Waals surface area contributed by atoms with E-state index in [2.05, 4.69) is 10.3 Å². The lowest BCUT2D eigenvalue weighted by Crippen LogP contribution is -2.38. The SMILES string of the molecule is CCCC(O)CNC(=O)C1CSC(c2ccccc2)=N1. The molecule has 0 radical (unpaired) electrons. The summed E-state index contributed by atoms with van der Waals surface area (Å²) in [7, 11) is 0. The molecule has 20 heavy (non-hydrogen) atoms. The molecule has 2 unspecified atom stereocenters. The normalized spacial score (nSPS) is 19.5. The van der Waals surface area contributed by atoms with Gasteiger partial charge in [0.1, 0.15) is 6.04 Å². The molecule has 0 saturated carbocycles. The number of hydrogen-bond acceptors (Lipinski definition) is 4. The van der Waals surface area contributed by atoms with E-state index in [0.717, 1.165) is 17.0 Å². The van der Waals surface area contributed by atoms with Gasteiger partial charge in [0.2, 0.25) is 5.91 Å². The predicted octanol–water partition coefficient (Wildman–Crippen LogP) is 1.83. The number of carbonyl (C=O) groups excluding carboxylic acids is 1. The minimum Gasteiger partial charge on any atom is -0.391 e. The number of hydrogen-bond donors (Lipinski definition) is 2. The van der Waals surface area contributed by atoms with Gasteiger partial charge >= 0.3 is 0 Å². The lowest BCUT2D eigenvalue weighted by molar-refractivity contribution is -0.122. The molecule has 0 fully saturated rings. The van der Waals surface area contributed by atoms with Gasteiger partial charge in [-0.25, -0.2) is 0 Å². The van der Waals surface area contributed by atoms with E-state index < -0.39 is 6.10 Å². The molecule has 5 heteroatoms. The van der Waals surface area contributed by atoms with Crippen LogP contribution in [-0.2, 0) is 4.79 Å². The monoisotopic (exact) mass is 292 g/mol. The predicted molar refractivity (Wildman–Crippen MR) is 83.1 cm³/mol. The first kappa shape index (κ1) is 15.1. The van der Waals surface area contributed by atoms with Gasteiger partial charge in [0, 0.05) is 17.9 Å². The topological polar surface area (TPSA) is 61.7 Å². The van der Waals surface area contributed by atoms with Crippen LogP contribution in [0.5, 0.6) is 0 Å². The number of rotatable bonds is 6. The zero-order valence-corrected chi connectivity index (χ0v) is 12.4. The Hall–Kier alpha value is -1.33. The zero-order valence-electron chi connectivity index (χ0n) is 11.6. The summed E-state index contributed by atoms with van der Waals surface area (Å²) in [6.07, 6.45) is 1.15. The fourth-order valence-corrected chi connectivity index (χ4v) is 3.06. The Morgan fingerprint density at radius 1 is 1.50 bits per heavy atom. The van der Waals surface area contributed by atoms with Crippen molar-refractivity contribution in [3.8, 4) is 0 Å². The molecule has 2 atom stereocenters. The number of aliphatic hydroxyl groups is 1. The minimum absolute atomic E-state index is 0.0985. The van der Waals surface area contributed by atoms with Gasteiger partial charge in [-0.3, -0.25) is 9.79 Å². The van der Waals surface area contributed by atoms with Crippen LogP contribution in [0.4, 0.5) is 0 Å². The summed E-state index contributed by atoms with van der Waals surface area (Å²) in [6.45, 7) is 2.32. The van der Waals surface area contributed by atoms with E-state index in [1.54, 1.807) is 11.8 Å². The third kappa shape index (κ3) is 4.08. The maximum absolute atomic E-state index is 12.0. The average Bonchev–Trinajstić information content (AvgIpc) is 2.96. The van der Waals surface area contributed by atoms with Crippen LogP contribution in [0.3, 0.4) is 0 Å². The number of benzene rings is 1. The molecular weight excluding hydrogens is 272 g/mol. The number of aliphatic hydroxyl groups excluding tert-OH is 1. The average molecular weight is 292 g/mol. The Bertz CT molecular complexity index is 476. The Morgan fingerprint density at radius 3 is 2.95 bits per heavy atom. The molecule has 1 heterocycles. The van der Waals surface area contributed by atoms with E-state index in [0.29, 0.717) is 18.7 Å². The number of nitrogens with one attached hydrogen (secondary N) is 1. The number of aliphatic imine (C=N–C) groups is 1. The summed E-state index contributed by atoms with van der Waals surface area (Å²) >= 11 is 1.60. The van der Waals surface area contributed by atoms with Crippen LogP contribution in [0.15, 0.2) is 35.3 Å². The first-order valence-electron chi connectivity index (χ1n) is 6.92. The highest BCUT2D eigenvalue weighted by molar-refractivity contribution is 8.14. The van der Waals surface area contributed by atoms with Crippen LogP contribution in [0.2, 0.25) is 0 Å². The minimum atomic E-state index is -0.462. The molecule has 0 saturated heterocycles. The van der Waals surface area contributed by atoms with Crippen molar-refractivity contribution < 1.29 is 9.90 Å². The molecule has 2 rings (SSSR count). The molecule has 0 bridgehead atoms. The largest absolute Gasteiger partial charge is 0.391 e. The van der Waals surface area contributed by atoms with E-state index >= 15 is 0 Å². The first-order chi connectivity index (χ1) is 9.70. The van der Waals surface area contributed by atoms with Crippen LogP contribution >= 0.6 is 11.8 Å². The van der Waals surface area contributed by atoms with Crippen molar-refractivity contribution in [3.05, 3.63) is 35.9 Å². The maximum atomic E-state index is 12.0. The summed E-state index contributed by atoms with van der Waals surface area (Å²) in [5.41, 5.74) is 1.05. The smallest absolute Gasteiger partial charge is 0.245 e. The van der Waals surface area contributed by atoms with Gasteiger partial charge in [-0.1, -0.05) is 43.7 Å². The number of nitrogens with zero attached hydrogens (tertiary/aromatic N) is 1. The van der Waals surface area contributed by atoms with Gasteiger partial charge < -0.3 is 10.4 Å². The van der Waals surface area contributed by atoms with Crippen molar-refractivity contribution in [3.63, 3.8) is 0 Å². The van der Waals surface area contributed by atoms with Gasteiger partial charge in [0.15, 0.2) is 0 Å². The highest BCUT2D eigenvalue weighted by atomic mass is 32.2. The highest BCUT2D eigenvalue weighted by Crippen LogP contribution is 2.23. The number of carbonyl (C=O) groups is 1. The molecule has 1 aromatic rings. The molecule has 0 aromatic heterocycles. The van der Waals surface area contributed by atoms with Crippen molar-refractivity contribution in [1.82, 2.24) is 5.32 Å². The standard InChI is InChI=1S/C15H20N2O2S/c1-2-6-12(18)9-16-14(19)13-10-20-15(17-13)11-7-4-3-5-8-11/h3-5,7-8,12-13,18H,2,6,9-10H2,1H3,(H,16,19). The second kappa shape index (κ2) is 7.45. The summed E-state index contributed by atoms with van der Waals surface area (Å²) < 4.78 is 0. The molecule has 1 aliphatic heterocycles.